The van der Waals surface area contributed by atoms with Crippen molar-refractivity contribution in [2.45, 2.75) is 12.8 Å². The Kier molecular flexibility index (Phi) is 6.02. The van der Waals surface area contributed by atoms with Crippen LogP contribution in [-0.2, 0) is 4.79 Å². The van der Waals surface area contributed by atoms with E-state index in [1.807, 2.05) is 0 Å². The fraction of sp³-hybridized carbons (Fsp3) is 0.833. The van der Waals surface area contributed by atoms with Crippen LogP contribution in [0.4, 0.5) is 0 Å². The largest absolute Gasteiger partial charge is 0.481 e. The van der Waals surface area contributed by atoms with E-state index in [9.17, 15) is 4.79 Å². The van der Waals surface area contributed by atoms with Crippen molar-refractivity contribution in [3.8, 4) is 0 Å². The lowest BCUT2D eigenvalue weighted by Gasteiger charge is -2.07. The van der Waals surface area contributed by atoms with E-state index in [-0.39, 0.29) is 6.42 Å². The van der Waals surface area contributed by atoms with Crippen LogP contribution in [0.1, 0.15) is 12.8 Å². The van der Waals surface area contributed by atoms with Gasteiger partial charge in [-0.05, 0) is 23.8 Å². The summed E-state index contributed by atoms with van der Waals surface area (Å²) in [5, 5.41) is 8.30. The van der Waals surface area contributed by atoms with Crippen molar-refractivity contribution < 1.29 is 9.90 Å². The molecule has 0 radical (unpaired) electrons. The highest BCUT2D eigenvalue weighted by molar-refractivity contribution is 7.81. The number of rotatable bonds is 5. The van der Waals surface area contributed by atoms with Crippen molar-refractivity contribution in [3.05, 3.63) is 0 Å². The molecule has 10 heavy (non-hydrogen) atoms. The number of hydrogen-bond acceptors (Lipinski definition) is 3. The molecular formula is C6H12O2S2. The first kappa shape index (κ1) is 10.2. The summed E-state index contributed by atoms with van der Waals surface area (Å²) in [6.07, 6.45) is 0.911. The van der Waals surface area contributed by atoms with Crippen LogP contribution in [0.5, 0.6) is 0 Å². The maximum absolute atomic E-state index is 10.1. The number of carboxylic acids is 1. The summed E-state index contributed by atoms with van der Waals surface area (Å²) < 4.78 is 0. The van der Waals surface area contributed by atoms with Gasteiger partial charge < -0.3 is 5.11 Å². The van der Waals surface area contributed by atoms with Crippen molar-refractivity contribution in [1.82, 2.24) is 0 Å². The Labute approximate surface area is 71.8 Å². The zero-order valence-corrected chi connectivity index (χ0v) is 7.44. The molecule has 0 aromatic rings. The Morgan fingerprint density at radius 3 is 2.20 bits per heavy atom. The molecule has 0 spiro atoms. The van der Waals surface area contributed by atoms with Crippen LogP contribution >= 0.6 is 25.3 Å². The molecule has 1 N–H and O–H groups in total. The minimum absolute atomic E-state index is 0.228. The minimum Gasteiger partial charge on any atom is -0.481 e. The Balaban J connectivity index is 3.34. The lowest BCUT2D eigenvalue weighted by molar-refractivity contribution is -0.137. The topological polar surface area (TPSA) is 37.3 Å². The highest BCUT2D eigenvalue weighted by atomic mass is 32.1. The van der Waals surface area contributed by atoms with Crippen molar-refractivity contribution in [1.29, 1.82) is 0 Å². The third-order valence-corrected chi connectivity index (χ3v) is 2.32. The summed E-state index contributed by atoms with van der Waals surface area (Å²) in [4.78, 5) is 10.1. The van der Waals surface area contributed by atoms with E-state index in [0.29, 0.717) is 12.3 Å². The lowest BCUT2D eigenvalue weighted by Crippen LogP contribution is -2.07. The van der Waals surface area contributed by atoms with E-state index in [1.165, 1.54) is 0 Å². The number of hydrogen-bond donors (Lipinski definition) is 3. The summed E-state index contributed by atoms with van der Waals surface area (Å²) in [5.41, 5.74) is 0. The fourth-order valence-electron chi connectivity index (χ4n) is 0.568. The predicted molar refractivity (Wildman–Crippen MR) is 48.1 cm³/mol. The summed E-state index contributed by atoms with van der Waals surface area (Å²) in [7, 11) is 0. The van der Waals surface area contributed by atoms with Crippen LogP contribution in [-0.4, -0.2) is 22.6 Å². The maximum Gasteiger partial charge on any atom is 0.303 e. The summed E-state index contributed by atoms with van der Waals surface area (Å²) in [6, 6.07) is 0. The molecular weight excluding hydrogens is 168 g/mol. The van der Waals surface area contributed by atoms with Gasteiger partial charge in [-0.2, -0.15) is 25.3 Å². The molecule has 0 saturated carbocycles. The van der Waals surface area contributed by atoms with Crippen LogP contribution in [0.15, 0.2) is 0 Å². The van der Waals surface area contributed by atoms with Gasteiger partial charge in [0.15, 0.2) is 0 Å². The molecule has 0 aromatic heterocycles. The summed E-state index contributed by atoms with van der Waals surface area (Å²) >= 11 is 8.11. The Morgan fingerprint density at radius 1 is 1.40 bits per heavy atom. The second-order valence-electron chi connectivity index (χ2n) is 2.16. The molecule has 0 aliphatic heterocycles. The summed E-state index contributed by atoms with van der Waals surface area (Å²) in [5.74, 6) is 1.03. The second kappa shape index (κ2) is 5.92. The third kappa shape index (κ3) is 4.99. The molecule has 0 aliphatic rings. The van der Waals surface area contributed by atoms with Crippen molar-refractivity contribution in [2.75, 3.05) is 11.5 Å². The van der Waals surface area contributed by atoms with E-state index in [0.717, 1.165) is 11.5 Å². The molecule has 0 unspecified atom stereocenters. The monoisotopic (exact) mass is 180 g/mol. The molecule has 0 atom stereocenters. The van der Waals surface area contributed by atoms with E-state index in [1.54, 1.807) is 0 Å². The van der Waals surface area contributed by atoms with Crippen molar-refractivity contribution in [3.63, 3.8) is 0 Å². The molecule has 0 fully saturated rings. The standard InChI is InChI=1S/C6H12O2S2/c7-6(8)2-1-5(3-9)4-10/h5,9-10H,1-4H2,(H,7,8). The van der Waals surface area contributed by atoms with Crippen molar-refractivity contribution >= 4 is 31.2 Å². The van der Waals surface area contributed by atoms with Gasteiger partial charge in [0, 0.05) is 6.42 Å². The van der Waals surface area contributed by atoms with Gasteiger partial charge in [0.1, 0.15) is 0 Å². The van der Waals surface area contributed by atoms with E-state index in [2.05, 4.69) is 25.3 Å². The first-order chi connectivity index (χ1) is 4.70. The smallest absolute Gasteiger partial charge is 0.303 e. The molecule has 0 saturated heterocycles. The van der Waals surface area contributed by atoms with Crippen LogP contribution in [0, 0.1) is 5.92 Å². The average molecular weight is 180 g/mol. The van der Waals surface area contributed by atoms with Crippen LogP contribution in [0.2, 0.25) is 0 Å². The highest BCUT2D eigenvalue weighted by Crippen LogP contribution is 2.09. The summed E-state index contributed by atoms with van der Waals surface area (Å²) in [6.45, 7) is 0. The third-order valence-electron chi connectivity index (χ3n) is 1.28. The first-order valence-electron chi connectivity index (χ1n) is 3.14. The SMILES string of the molecule is O=C(O)CCC(CS)CS. The van der Waals surface area contributed by atoms with E-state index in [4.69, 9.17) is 5.11 Å². The minimum atomic E-state index is -0.742. The van der Waals surface area contributed by atoms with Gasteiger partial charge in [-0.25, -0.2) is 0 Å². The molecule has 0 amide bonds. The zero-order chi connectivity index (χ0) is 7.98. The molecule has 0 rings (SSSR count). The number of thiol groups is 2. The molecule has 0 aromatic carbocycles. The normalized spacial score (nSPS) is 10.3. The Bertz CT molecular complexity index is 102. The number of aliphatic carboxylic acids is 1. The Morgan fingerprint density at radius 2 is 1.90 bits per heavy atom. The predicted octanol–water partition coefficient (Wildman–Crippen LogP) is 1.33. The maximum atomic E-state index is 10.1. The van der Waals surface area contributed by atoms with Crippen LogP contribution in [0.25, 0.3) is 0 Å². The average Bonchev–Trinajstić information content (AvgIpc) is 1.90. The van der Waals surface area contributed by atoms with Crippen molar-refractivity contribution in [2.24, 2.45) is 5.92 Å². The quantitative estimate of drug-likeness (QED) is 0.558. The Hall–Kier alpha value is 0.170. The van der Waals surface area contributed by atoms with Crippen LogP contribution < -0.4 is 0 Å². The number of carbonyl (C=O) groups is 1. The van der Waals surface area contributed by atoms with Gasteiger partial charge in [-0.3, -0.25) is 4.79 Å². The van der Waals surface area contributed by atoms with Crippen LogP contribution in [0.3, 0.4) is 0 Å². The molecule has 0 aliphatic carbocycles. The van der Waals surface area contributed by atoms with E-state index < -0.39 is 5.97 Å². The van der Waals surface area contributed by atoms with Gasteiger partial charge in [-0.1, -0.05) is 0 Å². The number of carboxylic acid groups (broad SMARTS) is 1. The van der Waals surface area contributed by atoms with Gasteiger partial charge in [0.25, 0.3) is 0 Å². The van der Waals surface area contributed by atoms with E-state index >= 15 is 0 Å². The molecule has 60 valence electrons. The van der Waals surface area contributed by atoms with Gasteiger partial charge >= 0.3 is 5.97 Å². The molecule has 4 heteroatoms. The lowest BCUT2D eigenvalue weighted by atomic mass is 10.1. The molecule has 0 bridgehead atoms. The fourth-order valence-corrected chi connectivity index (χ4v) is 1.39. The zero-order valence-electron chi connectivity index (χ0n) is 5.66. The van der Waals surface area contributed by atoms with Gasteiger partial charge in [0.05, 0.1) is 0 Å². The van der Waals surface area contributed by atoms with Gasteiger partial charge in [0.2, 0.25) is 0 Å². The van der Waals surface area contributed by atoms with Gasteiger partial charge in [-0.15, -0.1) is 0 Å². The molecule has 0 heterocycles. The second-order valence-corrected chi connectivity index (χ2v) is 2.89. The highest BCUT2D eigenvalue weighted by Gasteiger charge is 2.06. The first-order valence-corrected chi connectivity index (χ1v) is 4.40. The molecule has 2 nitrogen and oxygen atoms in total.